The molecule has 6 rings (SSSR count). The largest absolute Gasteiger partial charge is 0.490 e. The Morgan fingerprint density at radius 1 is 0.964 bits per heavy atom. The molecule has 17 heteroatoms. The first kappa shape index (κ1) is 41.0. The fourth-order valence-corrected chi connectivity index (χ4v) is 6.82. The molecule has 1 aromatic heterocycles. The summed E-state index contributed by atoms with van der Waals surface area (Å²) in [4.78, 5) is 64.6. The van der Waals surface area contributed by atoms with Gasteiger partial charge in [0.05, 0.1) is 30.9 Å². The summed E-state index contributed by atoms with van der Waals surface area (Å²) in [6.45, 7) is 10.3. The lowest BCUT2D eigenvalue weighted by Gasteiger charge is -2.33. The van der Waals surface area contributed by atoms with Crippen LogP contribution in [0, 0.1) is 0 Å². The predicted octanol–water partition coefficient (Wildman–Crippen LogP) is 4.54. The van der Waals surface area contributed by atoms with Gasteiger partial charge < -0.3 is 29.2 Å². The van der Waals surface area contributed by atoms with Gasteiger partial charge >= 0.3 is 18.2 Å². The van der Waals surface area contributed by atoms with Gasteiger partial charge in [-0.2, -0.15) is 13.2 Å². The Labute approximate surface area is 316 Å². The van der Waals surface area contributed by atoms with E-state index in [0.29, 0.717) is 69.6 Å². The molecule has 3 aliphatic rings. The SMILES string of the molecule is CC[n+]1c(CN2C(=O)c3ccccc3C2=O)n(CC2CCCO2)c2cccc(OCC(=O)NC3CCN(C(=O)OC(C)(C)C)CC3)c21.COC(=O)C(F)(F)F. The number of esters is 1. The quantitative estimate of drug-likeness (QED) is 0.188. The molecular formula is C38H47F3N5O9+. The summed E-state index contributed by atoms with van der Waals surface area (Å²) in [5.74, 6) is -1.72. The van der Waals surface area contributed by atoms with Crippen LogP contribution < -0.4 is 14.6 Å². The maximum atomic E-state index is 13.4. The van der Waals surface area contributed by atoms with Gasteiger partial charge in [0.25, 0.3) is 23.5 Å². The van der Waals surface area contributed by atoms with Crippen LogP contribution in [0.4, 0.5) is 18.0 Å². The smallest absolute Gasteiger partial charge is 0.479 e. The number of imidazole rings is 1. The summed E-state index contributed by atoms with van der Waals surface area (Å²) in [5.41, 5.74) is 1.93. The molecule has 3 aromatic rings. The summed E-state index contributed by atoms with van der Waals surface area (Å²) < 4.78 is 58.1. The van der Waals surface area contributed by atoms with Gasteiger partial charge in [0, 0.05) is 25.7 Å². The molecule has 3 aliphatic heterocycles. The molecule has 14 nitrogen and oxygen atoms in total. The van der Waals surface area contributed by atoms with Crippen molar-refractivity contribution in [3.05, 3.63) is 59.4 Å². The van der Waals surface area contributed by atoms with E-state index in [1.54, 1.807) is 29.2 Å². The fraction of sp³-hybridized carbons (Fsp3) is 0.526. The molecule has 4 heterocycles. The number of piperidine rings is 1. The summed E-state index contributed by atoms with van der Waals surface area (Å²) in [7, 11) is 0.676. The molecule has 1 unspecified atom stereocenters. The standard InChI is InChI=1S/C35H43N5O7.C3H3F3O2/c1-5-38-30(21-40-32(42)25-11-6-7-12-26(25)33(40)43)39(20-24-10-9-19-45-24)27-13-8-14-28(31(27)38)46-22-29(41)36-23-15-17-37(18-16-23)34(44)47-35(2,3)4;1-8-2(7)3(4,5)6/h6-8,11-14,23-24H,5,9-10,15-22H2,1-4H3;1H3/p+1. The van der Waals surface area contributed by atoms with Gasteiger partial charge in [-0.05, 0) is 77.6 Å². The molecule has 2 fully saturated rings. The molecule has 0 saturated carbocycles. The number of benzene rings is 2. The van der Waals surface area contributed by atoms with Gasteiger partial charge in [-0.25, -0.2) is 18.7 Å². The maximum Gasteiger partial charge on any atom is 0.490 e. The molecule has 0 radical (unpaired) electrons. The average Bonchev–Trinajstić information content (AvgIpc) is 3.83. The van der Waals surface area contributed by atoms with Crippen LogP contribution in [0.25, 0.3) is 11.0 Å². The minimum absolute atomic E-state index is 0.00826. The lowest BCUT2D eigenvalue weighted by atomic mass is 10.1. The van der Waals surface area contributed by atoms with Crippen molar-refractivity contribution in [1.29, 1.82) is 0 Å². The van der Waals surface area contributed by atoms with E-state index in [1.807, 2.05) is 45.9 Å². The molecular weight excluding hydrogens is 727 g/mol. The van der Waals surface area contributed by atoms with E-state index in [1.165, 1.54) is 4.90 Å². The second kappa shape index (κ2) is 17.1. The van der Waals surface area contributed by atoms with Gasteiger partial charge in [-0.3, -0.25) is 19.3 Å². The van der Waals surface area contributed by atoms with Crippen LogP contribution in [0.5, 0.6) is 5.75 Å². The highest BCUT2D eigenvalue weighted by Crippen LogP contribution is 2.30. The van der Waals surface area contributed by atoms with E-state index in [4.69, 9.17) is 14.2 Å². The number of carbonyl (C=O) groups excluding carboxylic acids is 5. The van der Waals surface area contributed by atoms with Crippen LogP contribution in [-0.4, -0.2) is 101 Å². The minimum atomic E-state index is -4.85. The van der Waals surface area contributed by atoms with E-state index >= 15 is 0 Å². The molecule has 2 aromatic carbocycles. The second-order valence-electron chi connectivity index (χ2n) is 14.4. The summed E-state index contributed by atoms with van der Waals surface area (Å²) in [6.07, 6.45) is -2.02. The number of hydrogen-bond donors (Lipinski definition) is 1. The molecule has 0 aliphatic carbocycles. The van der Waals surface area contributed by atoms with Crippen LogP contribution >= 0.6 is 0 Å². The number of ether oxygens (including phenoxy) is 4. The number of nitrogens with zero attached hydrogens (tertiary/aromatic N) is 4. The van der Waals surface area contributed by atoms with Crippen molar-refractivity contribution in [3.8, 4) is 5.75 Å². The van der Waals surface area contributed by atoms with E-state index in [-0.39, 0.29) is 49.1 Å². The Kier molecular flexibility index (Phi) is 12.7. The number of likely N-dealkylation sites (tertiary alicyclic amines) is 1. The van der Waals surface area contributed by atoms with Crippen molar-refractivity contribution in [3.63, 3.8) is 0 Å². The predicted molar refractivity (Wildman–Crippen MR) is 190 cm³/mol. The lowest BCUT2D eigenvalue weighted by Crippen LogP contribution is -2.48. The van der Waals surface area contributed by atoms with Gasteiger partial charge in [0.2, 0.25) is 5.52 Å². The second-order valence-corrected chi connectivity index (χ2v) is 14.4. The minimum Gasteiger partial charge on any atom is -0.479 e. The van der Waals surface area contributed by atoms with Gasteiger partial charge in [0.1, 0.15) is 18.7 Å². The zero-order chi connectivity index (χ0) is 40.1. The summed E-state index contributed by atoms with van der Waals surface area (Å²) in [6, 6.07) is 12.6. The van der Waals surface area contributed by atoms with Crippen LogP contribution in [0.15, 0.2) is 42.5 Å². The zero-order valence-electron chi connectivity index (χ0n) is 31.6. The van der Waals surface area contributed by atoms with Gasteiger partial charge in [-0.15, -0.1) is 0 Å². The fourth-order valence-electron chi connectivity index (χ4n) is 6.82. The average molecular weight is 775 g/mol. The highest BCUT2D eigenvalue weighted by atomic mass is 19.4. The Morgan fingerprint density at radius 2 is 1.62 bits per heavy atom. The molecule has 55 heavy (non-hydrogen) atoms. The van der Waals surface area contributed by atoms with E-state index < -0.39 is 17.7 Å². The van der Waals surface area contributed by atoms with E-state index in [9.17, 15) is 37.1 Å². The lowest BCUT2D eigenvalue weighted by molar-refractivity contribution is -0.677. The van der Waals surface area contributed by atoms with Crippen molar-refractivity contribution >= 4 is 40.8 Å². The number of aromatic nitrogens is 2. The third-order valence-corrected chi connectivity index (χ3v) is 9.35. The van der Waals surface area contributed by atoms with Crippen LogP contribution in [-0.2, 0) is 43.4 Å². The molecule has 4 amide bonds. The number of para-hydroxylation sites is 1. The Balaban J connectivity index is 0.000000654. The van der Waals surface area contributed by atoms with Crippen LogP contribution in [0.3, 0.4) is 0 Å². The van der Waals surface area contributed by atoms with Gasteiger partial charge in [-0.1, -0.05) is 18.2 Å². The normalized spacial score (nSPS) is 17.5. The molecule has 2 saturated heterocycles. The number of nitrogens with one attached hydrogen (secondary N) is 1. The number of amides is 4. The first-order valence-electron chi connectivity index (χ1n) is 18.2. The maximum absolute atomic E-state index is 13.4. The number of methoxy groups -OCH3 is 1. The molecule has 0 spiro atoms. The Bertz CT molecular complexity index is 1870. The Morgan fingerprint density at radius 3 is 2.15 bits per heavy atom. The van der Waals surface area contributed by atoms with Crippen LogP contribution in [0.2, 0.25) is 0 Å². The van der Waals surface area contributed by atoms with Crippen LogP contribution in [0.1, 0.15) is 79.9 Å². The topological polar surface area (TPSA) is 150 Å². The van der Waals surface area contributed by atoms with Gasteiger partial charge in [0.15, 0.2) is 17.9 Å². The number of fused-ring (bicyclic) bond motifs is 2. The molecule has 1 atom stereocenters. The van der Waals surface area contributed by atoms with Crippen molar-refractivity contribution < 1.29 is 60.7 Å². The van der Waals surface area contributed by atoms with Crippen molar-refractivity contribution in [2.45, 2.75) is 96.9 Å². The highest BCUT2D eigenvalue weighted by Gasteiger charge is 2.41. The molecule has 298 valence electrons. The highest BCUT2D eigenvalue weighted by molar-refractivity contribution is 6.21. The third-order valence-electron chi connectivity index (χ3n) is 9.35. The zero-order valence-corrected chi connectivity index (χ0v) is 31.6. The first-order chi connectivity index (χ1) is 26.0. The van der Waals surface area contributed by atoms with E-state index in [0.717, 1.165) is 29.7 Å². The summed E-state index contributed by atoms with van der Waals surface area (Å²) in [5, 5.41) is 3.05. The number of imide groups is 1. The van der Waals surface area contributed by atoms with E-state index in [2.05, 4.69) is 19.2 Å². The number of aryl methyl sites for hydroxylation is 1. The number of rotatable bonds is 9. The summed E-state index contributed by atoms with van der Waals surface area (Å²) >= 11 is 0. The monoisotopic (exact) mass is 774 g/mol. The number of halogens is 3. The van der Waals surface area contributed by atoms with Crippen molar-refractivity contribution in [1.82, 2.24) is 19.7 Å². The third kappa shape index (κ3) is 9.74. The number of hydrogen-bond acceptors (Lipinski definition) is 9. The molecule has 1 N–H and O–H groups in total. The molecule has 0 bridgehead atoms. The van der Waals surface area contributed by atoms with Crippen molar-refractivity contribution in [2.24, 2.45) is 0 Å². The number of alkyl halides is 3. The van der Waals surface area contributed by atoms with Crippen molar-refractivity contribution in [2.75, 3.05) is 33.4 Å². The Hall–Kier alpha value is -5.19. The number of carbonyl (C=O) groups is 5. The first-order valence-corrected chi connectivity index (χ1v) is 18.2.